The Bertz CT molecular complexity index is 543. The molecule has 1 aromatic rings. The van der Waals surface area contributed by atoms with Crippen molar-refractivity contribution in [1.29, 1.82) is 0 Å². The lowest BCUT2D eigenvalue weighted by Gasteiger charge is -2.37. The Morgan fingerprint density at radius 2 is 2.05 bits per heavy atom. The SMILES string of the molecule is Cc1ccc(C(C)(O)C2CCCC(S(C)(=O)=O)C2)s1. The van der Waals surface area contributed by atoms with Gasteiger partial charge >= 0.3 is 0 Å². The van der Waals surface area contributed by atoms with Gasteiger partial charge in [0, 0.05) is 16.0 Å². The average molecular weight is 302 g/mol. The average Bonchev–Trinajstić information content (AvgIpc) is 2.76. The van der Waals surface area contributed by atoms with Gasteiger partial charge in [-0.05, 0) is 51.2 Å². The fourth-order valence-electron chi connectivity index (χ4n) is 2.95. The lowest BCUT2D eigenvalue weighted by atomic mass is 9.77. The van der Waals surface area contributed by atoms with Crippen molar-refractivity contribution < 1.29 is 13.5 Å². The third-order valence-electron chi connectivity index (χ3n) is 4.27. The topological polar surface area (TPSA) is 54.4 Å². The van der Waals surface area contributed by atoms with Crippen molar-refractivity contribution in [3.05, 3.63) is 21.9 Å². The number of hydrogen-bond acceptors (Lipinski definition) is 4. The van der Waals surface area contributed by atoms with E-state index in [1.165, 1.54) is 11.1 Å². The molecular formula is C14H22O3S2. The molecule has 5 heteroatoms. The summed E-state index contributed by atoms with van der Waals surface area (Å²) in [6.45, 7) is 3.85. The Morgan fingerprint density at radius 3 is 2.58 bits per heavy atom. The van der Waals surface area contributed by atoms with E-state index in [4.69, 9.17) is 0 Å². The van der Waals surface area contributed by atoms with Crippen LogP contribution in [0.2, 0.25) is 0 Å². The van der Waals surface area contributed by atoms with Crippen molar-refractivity contribution in [3.63, 3.8) is 0 Å². The molecule has 108 valence electrons. The van der Waals surface area contributed by atoms with E-state index in [1.54, 1.807) is 11.3 Å². The van der Waals surface area contributed by atoms with Crippen molar-refractivity contribution in [1.82, 2.24) is 0 Å². The molecule has 0 radical (unpaired) electrons. The standard InChI is InChI=1S/C14H22O3S2/c1-10-7-8-13(18-10)14(2,15)11-5-4-6-12(9-11)19(3,16)17/h7-8,11-12,15H,4-6,9H2,1-3H3. The minimum Gasteiger partial charge on any atom is -0.384 e. The molecular weight excluding hydrogens is 280 g/mol. The highest BCUT2D eigenvalue weighted by molar-refractivity contribution is 7.91. The summed E-state index contributed by atoms with van der Waals surface area (Å²) in [5.41, 5.74) is -0.914. The minimum atomic E-state index is -3.00. The Kier molecular flexibility index (Phi) is 4.10. The zero-order chi connectivity index (χ0) is 14.3. The van der Waals surface area contributed by atoms with Crippen LogP contribution in [0.5, 0.6) is 0 Å². The molecule has 1 aromatic heterocycles. The summed E-state index contributed by atoms with van der Waals surface area (Å²) < 4.78 is 23.4. The van der Waals surface area contributed by atoms with E-state index >= 15 is 0 Å². The molecule has 0 spiro atoms. The lowest BCUT2D eigenvalue weighted by molar-refractivity contribution is -0.0176. The number of aryl methyl sites for hydroxylation is 1. The number of sulfone groups is 1. The van der Waals surface area contributed by atoms with Gasteiger partial charge in [-0.25, -0.2) is 8.42 Å². The molecule has 0 aliphatic heterocycles. The maximum Gasteiger partial charge on any atom is 0.150 e. The quantitative estimate of drug-likeness (QED) is 0.934. The van der Waals surface area contributed by atoms with Crippen LogP contribution in [0, 0.1) is 12.8 Å². The van der Waals surface area contributed by atoms with Gasteiger partial charge in [0.1, 0.15) is 9.84 Å². The third kappa shape index (κ3) is 3.20. The van der Waals surface area contributed by atoms with E-state index in [0.717, 1.165) is 24.1 Å². The molecule has 0 saturated heterocycles. The molecule has 1 saturated carbocycles. The first-order valence-corrected chi connectivity index (χ1v) is 9.46. The van der Waals surface area contributed by atoms with Crippen LogP contribution >= 0.6 is 11.3 Å². The first-order chi connectivity index (χ1) is 8.71. The van der Waals surface area contributed by atoms with E-state index in [9.17, 15) is 13.5 Å². The summed E-state index contributed by atoms with van der Waals surface area (Å²) in [7, 11) is -3.00. The molecule has 2 rings (SSSR count). The van der Waals surface area contributed by atoms with Crippen LogP contribution in [0.3, 0.4) is 0 Å². The number of thiophene rings is 1. The van der Waals surface area contributed by atoms with Gasteiger partial charge in [-0.3, -0.25) is 0 Å². The van der Waals surface area contributed by atoms with Gasteiger partial charge < -0.3 is 5.11 Å². The summed E-state index contributed by atoms with van der Waals surface area (Å²) in [6, 6.07) is 3.97. The van der Waals surface area contributed by atoms with E-state index < -0.39 is 15.4 Å². The van der Waals surface area contributed by atoms with E-state index in [-0.39, 0.29) is 11.2 Å². The summed E-state index contributed by atoms with van der Waals surface area (Å²) in [4.78, 5) is 2.12. The van der Waals surface area contributed by atoms with Gasteiger partial charge in [0.15, 0.2) is 0 Å². The van der Waals surface area contributed by atoms with E-state index in [2.05, 4.69) is 0 Å². The highest BCUT2D eigenvalue weighted by atomic mass is 32.2. The van der Waals surface area contributed by atoms with Crippen molar-refractivity contribution in [2.45, 2.75) is 50.4 Å². The Labute approximate surface area is 119 Å². The molecule has 0 aromatic carbocycles. The summed E-state index contributed by atoms with van der Waals surface area (Å²) in [6.07, 6.45) is 4.39. The molecule has 3 nitrogen and oxygen atoms in total. The predicted octanol–water partition coefficient (Wildman–Crippen LogP) is 2.87. The number of rotatable bonds is 3. The van der Waals surface area contributed by atoms with Crippen LogP contribution in [-0.2, 0) is 15.4 Å². The second-order valence-corrected chi connectivity index (χ2v) is 9.49. The Balaban J connectivity index is 2.21. The second-order valence-electron chi connectivity index (χ2n) is 5.87. The van der Waals surface area contributed by atoms with Gasteiger partial charge in [-0.15, -0.1) is 11.3 Å². The van der Waals surface area contributed by atoms with Gasteiger partial charge in [0.25, 0.3) is 0 Å². The van der Waals surface area contributed by atoms with Crippen molar-refractivity contribution in [3.8, 4) is 0 Å². The molecule has 0 amide bonds. The number of hydrogen-bond donors (Lipinski definition) is 1. The minimum absolute atomic E-state index is 0.0269. The lowest BCUT2D eigenvalue weighted by Crippen LogP contribution is -2.38. The fraction of sp³-hybridized carbons (Fsp3) is 0.714. The van der Waals surface area contributed by atoms with Gasteiger partial charge in [-0.1, -0.05) is 6.42 Å². The summed E-state index contributed by atoms with van der Waals surface area (Å²) >= 11 is 1.60. The van der Waals surface area contributed by atoms with Gasteiger partial charge in [-0.2, -0.15) is 0 Å². The van der Waals surface area contributed by atoms with E-state index in [1.807, 2.05) is 26.0 Å². The van der Waals surface area contributed by atoms with Gasteiger partial charge in [0.2, 0.25) is 0 Å². The van der Waals surface area contributed by atoms with Crippen LogP contribution < -0.4 is 0 Å². The van der Waals surface area contributed by atoms with Crippen molar-refractivity contribution >= 4 is 21.2 Å². The predicted molar refractivity (Wildman–Crippen MR) is 79.2 cm³/mol. The molecule has 3 atom stereocenters. The molecule has 1 N–H and O–H groups in total. The largest absolute Gasteiger partial charge is 0.384 e. The van der Waals surface area contributed by atoms with Crippen LogP contribution in [-0.4, -0.2) is 25.0 Å². The molecule has 19 heavy (non-hydrogen) atoms. The summed E-state index contributed by atoms with van der Waals surface area (Å²) in [5, 5.41) is 10.5. The van der Waals surface area contributed by atoms with Crippen molar-refractivity contribution in [2.75, 3.05) is 6.26 Å². The van der Waals surface area contributed by atoms with Crippen LogP contribution in [0.1, 0.15) is 42.4 Å². The molecule has 0 bridgehead atoms. The smallest absolute Gasteiger partial charge is 0.150 e. The van der Waals surface area contributed by atoms with E-state index in [0.29, 0.717) is 6.42 Å². The normalized spacial score (nSPS) is 28.0. The molecule has 1 heterocycles. The first-order valence-electron chi connectivity index (χ1n) is 6.69. The second kappa shape index (κ2) is 5.19. The maximum absolute atomic E-state index is 11.7. The highest BCUT2D eigenvalue weighted by Gasteiger charge is 2.40. The van der Waals surface area contributed by atoms with Crippen LogP contribution in [0.15, 0.2) is 12.1 Å². The molecule has 1 aliphatic rings. The van der Waals surface area contributed by atoms with Crippen molar-refractivity contribution in [2.24, 2.45) is 5.92 Å². The highest BCUT2D eigenvalue weighted by Crippen LogP contribution is 2.42. The first kappa shape index (κ1) is 15.0. The zero-order valence-electron chi connectivity index (χ0n) is 11.7. The van der Waals surface area contributed by atoms with Crippen LogP contribution in [0.4, 0.5) is 0 Å². The monoisotopic (exact) mass is 302 g/mol. The zero-order valence-corrected chi connectivity index (χ0v) is 13.4. The molecule has 1 fully saturated rings. The summed E-state index contributed by atoms with van der Waals surface area (Å²) in [5.74, 6) is 0.0269. The Hall–Kier alpha value is -0.390. The molecule has 1 aliphatic carbocycles. The number of aliphatic hydroxyl groups is 1. The van der Waals surface area contributed by atoms with Crippen LogP contribution in [0.25, 0.3) is 0 Å². The third-order valence-corrected chi connectivity index (χ3v) is 7.13. The Morgan fingerprint density at radius 1 is 1.37 bits per heavy atom. The maximum atomic E-state index is 11.7. The fourth-order valence-corrected chi connectivity index (χ4v) is 5.12. The van der Waals surface area contributed by atoms with Gasteiger partial charge in [0.05, 0.1) is 10.9 Å². The molecule has 3 unspecified atom stereocenters.